The third-order valence-corrected chi connectivity index (χ3v) is 5.50. The van der Waals surface area contributed by atoms with Crippen molar-refractivity contribution in [3.05, 3.63) is 28.7 Å². The molecule has 130 valence electrons. The van der Waals surface area contributed by atoms with Crippen LogP contribution in [0.25, 0.3) is 0 Å². The van der Waals surface area contributed by atoms with Gasteiger partial charge in [0.2, 0.25) is 0 Å². The number of hydrogen-bond acceptors (Lipinski definition) is 7. The van der Waals surface area contributed by atoms with Crippen molar-refractivity contribution in [2.75, 3.05) is 26.3 Å². The zero-order valence-electron chi connectivity index (χ0n) is 13.9. The standard InChI is InChI=1S/C16H23N5O2S/c1-13-19-14(8-24-13)6-20-4-5-22-10-16(9-20)3-2-15(23-16)7-21-12-17-11-18-21/h8,11-12,15H,2-7,9-10H2,1H3. The van der Waals surface area contributed by atoms with E-state index >= 15 is 0 Å². The molecule has 2 saturated heterocycles. The molecule has 1 spiro atoms. The van der Waals surface area contributed by atoms with Crippen molar-refractivity contribution >= 4 is 11.3 Å². The van der Waals surface area contributed by atoms with Gasteiger partial charge < -0.3 is 9.47 Å². The molecule has 0 bridgehead atoms. The zero-order chi connectivity index (χ0) is 16.4. The SMILES string of the molecule is Cc1nc(CN2CCOCC3(CCC(Cn4cncn4)O3)C2)cs1. The normalized spacial score (nSPS) is 28.5. The van der Waals surface area contributed by atoms with E-state index in [1.165, 1.54) is 0 Å². The average Bonchev–Trinajstić information content (AvgIpc) is 3.25. The van der Waals surface area contributed by atoms with Crippen LogP contribution in [0.5, 0.6) is 0 Å². The Bertz CT molecular complexity index is 661. The third kappa shape index (κ3) is 3.66. The fraction of sp³-hybridized carbons (Fsp3) is 0.688. The van der Waals surface area contributed by atoms with E-state index in [-0.39, 0.29) is 11.7 Å². The Labute approximate surface area is 145 Å². The molecule has 2 aliphatic rings. The summed E-state index contributed by atoms with van der Waals surface area (Å²) in [5.41, 5.74) is 0.944. The van der Waals surface area contributed by atoms with Gasteiger partial charge in [-0.05, 0) is 19.8 Å². The fourth-order valence-corrected chi connectivity index (χ4v) is 4.21. The smallest absolute Gasteiger partial charge is 0.137 e. The van der Waals surface area contributed by atoms with Gasteiger partial charge in [0.05, 0.1) is 36.6 Å². The Morgan fingerprint density at radius 2 is 2.42 bits per heavy atom. The maximum absolute atomic E-state index is 6.44. The van der Waals surface area contributed by atoms with Crippen LogP contribution in [0.4, 0.5) is 0 Å². The van der Waals surface area contributed by atoms with Crippen LogP contribution in [0.1, 0.15) is 23.5 Å². The molecule has 8 heteroatoms. The molecule has 0 amide bonds. The first kappa shape index (κ1) is 16.1. The van der Waals surface area contributed by atoms with E-state index in [2.05, 4.69) is 32.3 Å². The number of hydrogen-bond donors (Lipinski definition) is 0. The van der Waals surface area contributed by atoms with Gasteiger partial charge in [-0.1, -0.05) is 0 Å². The average molecular weight is 349 g/mol. The van der Waals surface area contributed by atoms with Crippen LogP contribution in [0.3, 0.4) is 0 Å². The highest BCUT2D eigenvalue weighted by molar-refractivity contribution is 7.09. The van der Waals surface area contributed by atoms with Crippen LogP contribution >= 0.6 is 11.3 Å². The molecule has 4 rings (SSSR count). The summed E-state index contributed by atoms with van der Waals surface area (Å²) >= 11 is 1.71. The molecular weight excluding hydrogens is 326 g/mol. The minimum atomic E-state index is -0.202. The van der Waals surface area contributed by atoms with E-state index in [0.29, 0.717) is 6.61 Å². The quantitative estimate of drug-likeness (QED) is 0.833. The highest BCUT2D eigenvalue weighted by Gasteiger charge is 2.43. The van der Waals surface area contributed by atoms with Crippen LogP contribution in [-0.4, -0.2) is 62.7 Å². The molecule has 0 N–H and O–H groups in total. The second-order valence-corrected chi connectivity index (χ2v) is 7.76. The van der Waals surface area contributed by atoms with Crippen molar-refractivity contribution in [3.8, 4) is 0 Å². The summed E-state index contributed by atoms with van der Waals surface area (Å²) in [6.45, 7) is 6.93. The van der Waals surface area contributed by atoms with Crippen LogP contribution in [0.15, 0.2) is 18.0 Å². The molecule has 0 aliphatic carbocycles. The maximum atomic E-state index is 6.44. The summed E-state index contributed by atoms with van der Waals surface area (Å²) in [4.78, 5) is 11.0. The van der Waals surface area contributed by atoms with Gasteiger partial charge in [0.25, 0.3) is 0 Å². The lowest BCUT2D eigenvalue weighted by Crippen LogP contribution is -2.44. The summed E-state index contributed by atoms with van der Waals surface area (Å²) in [6, 6.07) is 0. The van der Waals surface area contributed by atoms with Gasteiger partial charge in [-0.15, -0.1) is 11.3 Å². The van der Waals surface area contributed by atoms with Crippen molar-refractivity contribution in [1.29, 1.82) is 0 Å². The molecule has 2 fully saturated rings. The van der Waals surface area contributed by atoms with E-state index in [1.807, 2.05) is 4.68 Å². The van der Waals surface area contributed by atoms with Crippen molar-refractivity contribution < 1.29 is 9.47 Å². The van der Waals surface area contributed by atoms with Crippen molar-refractivity contribution in [3.63, 3.8) is 0 Å². The molecule has 7 nitrogen and oxygen atoms in total. The molecule has 2 atom stereocenters. The number of nitrogens with zero attached hydrogens (tertiary/aromatic N) is 5. The number of rotatable bonds is 4. The number of aromatic nitrogens is 4. The van der Waals surface area contributed by atoms with E-state index < -0.39 is 0 Å². The summed E-state index contributed by atoms with van der Waals surface area (Å²) in [6.07, 6.45) is 5.55. The predicted molar refractivity (Wildman–Crippen MR) is 89.8 cm³/mol. The molecule has 0 aromatic carbocycles. The monoisotopic (exact) mass is 349 g/mol. The minimum Gasteiger partial charge on any atom is -0.377 e. The number of thiazole rings is 1. The van der Waals surface area contributed by atoms with Crippen molar-refractivity contribution in [2.45, 2.75) is 44.6 Å². The Morgan fingerprint density at radius 3 is 3.21 bits per heavy atom. The molecule has 2 aliphatic heterocycles. The van der Waals surface area contributed by atoms with Gasteiger partial charge in [-0.3, -0.25) is 9.58 Å². The largest absolute Gasteiger partial charge is 0.377 e. The van der Waals surface area contributed by atoms with Gasteiger partial charge in [0, 0.05) is 25.0 Å². The van der Waals surface area contributed by atoms with Gasteiger partial charge in [-0.25, -0.2) is 9.97 Å². The fourth-order valence-electron chi connectivity index (χ4n) is 3.61. The van der Waals surface area contributed by atoms with Crippen LogP contribution in [0, 0.1) is 6.92 Å². The Hall–Kier alpha value is -1.35. The summed E-state index contributed by atoms with van der Waals surface area (Å²) in [5.74, 6) is 0. The van der Waals surface area contributed by atoms with Gasteiger partial charge in [-0.2, -0.15) is 5.10 Å². The van der Waals surface area contributed by atoms with E-state index in [0.717, 1.165) is 56.3 Å². The third-order valence-electron chi connectivity index (χ3n) is 4.68. The summed E-state index contributed by atoms with van der Waals surface area (Å²) in [5, 5.41) is 7.45. The Kier molecular flexibility index (Phi) is 4.62. The van der Waals surface area contributed by atoms with Gasteiger partial charge in [0.1, 0.15) is 18.3 Å². The van der Waals surface area contributed by atoms with Crippen molar-refractivity contribution in [1.82, 2.24) is 24.6 Å². The van der Waals surface area contributed by atoms with Crippen LogP contribution in [0.2, 0.25) is 0 Å². The number of ether oxygens (including phenoxy) is 2. The zero-order valence-corrected chi connectivity index (χ0v) is 14.7. The maximum Gasteiger partial charge on any atom is 0.137 e. The Morgan fingerprint density at radius 1 is 1.46 bits per heavy atom. The van der Waals surface area contributed by atoms with E-state index in [1.54, 1.807) is 24.0 Å². The highest BCUT2D eigenvalue weighted by atomic mass is 32.1. The number of aryl methyl sites for hydroxylation is 1. The summed E-state index contributed by atoms with van der Waals surface area (Å²) in [7, 11) is 0. The minimum absolute atomic E-state index is 0.178. The first-order chi connectivity index (χ1) is 11.7. The second-order valence-electron chi connectivity index (χ2n) is 6.70. The molecule has 2 aromatic heterocycles. The van der Waals surface area contributed by atoms with E-state index in [9.17, 15) is 0 Å². The highest BCUT2D eigenvalue weighted by Crippen LogP contribution is 2.34. The lowest BCUT2D eigenvalue weighted by atomic mass is 10.00. The molecule has 0 radical (unpaired) electrons. The van der Waals surface area contributed by atoms with Crippen molar-refractivity contribution in [2.24, 2.45) is 0 Å². The van der Waals surface area contributed by atoms with Gasteiger partial charge in [0.15, 0.2) is 0 Å². The second kappa shape index (κ2) is 6.87. The predicted octanol–water partition coefficient (Wildman–Crippen LogP) is 1.49. The molecule has 2 unspecified atom stereocenters. The van der Waals surface area contributed by atoms with Crippen LogP contribution in [-0.2, 0) is 22.6 Å². The molecule has 4 heterocycles. The first-order valence-corrected chi connectivity index (χ1v) is 9.30. The van der Waals surface area contributed by atoms with Crippen LogP contribution < -0.4 is 0 Å². The lowest BCUT2D eigenvalue weighted by molar-refractivity contribution is -0.0905. The molecule has 2 aromatic rings. The summed E-state index contributed by atoms with van der Waals surface area (Å²) < 4.78 is 14.2. The molecule has 24 heavy (non-hydrogen) atoms. The molecule has 0 saturated carbocycles. The lowest BCUT2D eigenvalue weighted by Gasteiger charge is -2.31. The Balaban J connectivity index is 1.40. The molecular formula is C16H23N5O2S. The topological polar surface area (TPSA) is 65.3 Å². The van der Waals surface area contributed by atoms with E-state index in [4.69, 9.17) is 9.47 Å². The first-order valence-electron chi connectivity index (χ1n) is 8.42. The van der Waals surface area contributed by atoms with Gasteiger partial charge >= 0.3 is 0 Å².